The molecule has 438 valence electrons. The zero-order chi connectivity index (χ0) is 59.0. The molecule has 10 rings (SSSR count). The van der Waals surface area contributed by atoms with Gasteiger partial charge in [-0.05, 0) is 30.5 Å². The van der Waals surface area contributed by atoms with Crippen LogP contribution in [0.15, 0.2) is 64.0 Å². The maximum absolute atomic E-state index is 14.3. The van der Waals surface area contributed by atoms with Gasteiger partial charge in [-0.25, -0.2) is 39.7 Å². The first-order chi connectivity index (χ1) is 40.6. The number of hydrogen-bond donors (Lipinski definition) is 7. The number of pyridine rings is 1. The molecule has 0 aliphatic carbocycles. The van der Waals surface area contributed by atoms with E-state index in [1.807, 2.05) is 13.8 Å². The molecule has 4 atom stereocenters. The van der Waals surface area contributed by atoms with Crippen LogP contribution in [0.5, 0.6) is 0 Å². The Morgan fingerprint density at radius 1 is 0.738 bits per heavy atom. The Kier molecular flexibility index (Phi) is 19.3. The van der Waals surface area contributed by atoms with Crippen molar-refractivity contribution >= 4 is 109 Å². The predicted octanol–water partition coefficient (Wildman–Crippen LogP) is 7.19. The van der Waals surface area contributed by atoms with Crippen LogP contribution in [0.1, 0.15) is 106 Å². The lowest BCUT2D eigenvalue weighted by Crippen LogP contribution is -2.40. The van der Waals surface area contributed by atoms with E-state index >= 15 is 0 Å². The molecule has 2 aliphatic rings. The van der Waals surface area contributed by atoms with E-state index in [0.717, 1.165) is 24.4 Å². The van der Waals surface area contributed by atoms with Gasteiger partial charge >= 0.3 is 6.09 Å². The van der Waals surface area contributed by atoms with Crippen molar-refractivity contribution in [3.8, 4) is 43.4 Å². The molecule has 0 unspecified atom stereocenters. The highest BCUT2D eigenvalue weighted by molar-refractivity contribution is 7.15. The third kappa shape index (κ3) is 14.1. The number of nitrogens with zero attached hydrogens (tertiary/aromatic N) is 8. The zero-order valence-corrected chi connectivity index (χ0v) is 50.6. The number of nitrogens with one attached hydrogen (secondary N) is 6. The standard InChI is InChI=1S/C54H56N14O10S6/c1-26(2)39-53-67-42(35(84-53)21-76-5)46(73)56-20-38(70)64-43(44(71)28-9-7-6-8-10-28)52-61-34(24-81-52)50-59-32(22-80-50)41-29(11-12-30(57-41)49-62-36(25-82-49)63-54(75)78-18-15-68-13-16-77-17-14-68)48-60-33(23-79-48)45(72)58-31(19-37(69)55-4)51-66-40(27(3)83-51)47(74)65-39/h6-12,22-26,31,39,43-44,71H,13-21H2,1-5H3,(H,55,69)(H,56,73)(H,58,72)(H,63,75)(H,64,70)(H,65,74)/t31-,39-,43-,44-/m0/s1. The summed E-state index contributed by atoms with van der Waals surface area (Å²) in [6, 6.07) is 9.56. The second-order valence-corrected chi connectivity index (χ2v) is 25.2. The Labute approximate surface area is 504 Å². The van der Waals surface area contributed by atoms with Crippen molar-refractivity contribution in [2.24, 2.45) is 5.92 Å². The smallest absolute Gasteiger partial charge is 0.412 e. The van der Waals surface area contributed by atoms with Crippen LogP contribution in [-0.4, -0.2) is 141 Å². The van der Waals surface area contributed by atoms with E-state index in [0.29, 0.717) is 93.5 Å². The first kappa shape index (κ1) is 59.8. The molecule has 8 aromatic rings. The van der Waals surface area contributed by atoms with Crippen LogP contribution >= 0.6 is 68.0 Å². The lowest BCUT2D eigenvalue weighted by molar-refractivity contribution is -0.122. The van der Waals surface area contributed by atoms with Crippen molar-refractivity contribution < 1.29 is 48.1 Å². The summed E-state index contributed by atoms with van der Waals surface area (Å²) in [4.78, 5) is 119. The Hall–Kier alpha value is -7.39. The molecule has 84 heavy (non-hydrogen) atoms. The van der Waals surface area contributed by atoms with Crippen molar-refractivity contribution in [3.05, 3.63) is 111 Å². The summed E-state index contributed by atoms with van der Waals surface area (Å²) in [5, 5.41) is 38.0. The Morgan fingerprint density at radius 2 is 1.46 bits per heavy atom. The number of carbonyl (C=O) groups is 6. The number of hydrogen-bond acceptors (Lipinski definition) is 24. The minimum atomic E-state index is -1.27. The van der Waals surface area contributed by atoms with Crippen LogP contribution in [-0.2, 0) is 30.4 Å². The minimum absolute atomic E-state index is 0.00229. The highest BCUT2D eigenvalue weighted by Gasteiger charge is 2.33. The number of morpholine rings is 1. The lowest BCUT2D eigenvalue weighted by Gasteiger charge is -2.26. The van der Waals surface area contributed by atoms with Crippen LogP contribution in [0.3, 0.4) is 0 Å². The van der Waals surface area contributed by atoms with E-state index in [9.17, 15) is 33.9 Å². The molecular formula is C54H56N14O10S6. The SMILES string of the molecule is CNC(=O)C[C@@H]1NC(=O)c2csc(n2)-c2ccc(-c3nc(NC(=O)OCCN4CCOCC4)cs3)nc2-c2csc(n2)-c2csc(n2)[C@H]([C@@H](O)c2ccccc2)NC(=O)CNC(=O)c2nc(sc2COC)[C@H](C(C)C)NC(=O)c2nc1sc2C. The molecular weight excluding hydrogens is 1200 g/mol. The van der Waals surface area contributed by atoms with Gasteiger partial charge < -0.3 is 45.9 Å². The third-order valence-electron chi connectivity index (χ3n) is 13.2. The van der Waals surface area contributed by atoms with E-state index in [4.69, 9.17) is 44.1 Å². The normalized spacial score (nSPS) is 17.6. The van der Waals surface area contributed by atoms with Crippen LogP contribution in [0.2, 0.25) is 0 Å². The summed E-state index contributed by atoms with van der Waals surface area (Å²) in [6.45, 7) is 8.53. The predicted molar refractivity (Wildman–Crippen MR) is 319 cm³/mol. The van der Waals surface area contributed by atoms with Crippen molar-refractivity contribution in [1.82, 2.24) is 66.4 Å². The van der Waals surface area contributed by atoms with Gasteiger partial charge in [-0.1, -0.05) is 44.2 Å². The van der Waals surface area contributed by atoms with Crippen LogP contribution in [0.25, 0.3) is 43.4 Å². The average Bonchev–Trinajstić information content (AvgIpc) is 3.62. The number of aliphatic hydroxyl groups is 1. The molecule has 7 aromatic heterocycles. The van der Waals surface area contributed by atoms with E-state index < -0.39 is 66.4 Å². The number of anilines is 1. The van der Waals surface area contributed by atoms with E-state index in [1.165, 1.54) is 70.8 Å². The number of carbonyl (C=O) groups excluding carboxylic acids is 6. The van der Waals surface area contributed by atoms with Crippen molar-refractivity contribution in [3.63, 3.8) is 0 Å². The van der Waals surface area contributed by atoms with Gasteiger partial charge in [0.2, 0.25) is 11.8 Å². The van der Waals surface area contributed by atoms with Gasteiger partial charge in [0.1, 0.15) is 88.8 Å². The highest BCUT2D eigenvalue weighted by atomic mass is 32.1. The van der Waals surface area contributed by atoms with Gasteiger partial charge in [0.05, 0.1) is 55.4 Å². The second-order valence-electron chi connectivity index (χ2n) is 19.4. The Morgan fingerprint density at radius 3 is 2.24 bits per heavy atom. The van der Waals surface area contributed by atoms with E-state index in [-0.39, 0.29) is 48.5 Å². The number of rotatable bonds is 12. The van der Waals surface area contributed by atoms with Crippen LogP contribution in [0.4, 0.5) is 10.6 Å². The summed E-state index contributed by atoms with van der Waals surface area (Å²) in [5.74, 6) is -2.83. The molecule has 1 aromatic carbocycles. The summed E-state index contributed by atoms with van der Waals surface area (Å²) < 4.78 is 16.3. The molecule has 30 heteroatoms. The fraction of sp³-hybridized carbons (Fsp3) is 0.352. The number of methoxy groups -OCH3 is 1. The molecule has 0 saturated carbocycles. The molecule has 9 heterocycles. The van der Waals surface area contributed by atoms with Crippen molar-refractivity contribution in [2.45, 2.75) is 58.0 Å². The number of aromatic nitrogens is 7. The number of aryl methyl sites for hydroxylation is 1. The molecule has 0 spiro atoms. The topological polar surface area (TPSA) is 316 Å². The number of benzene rings is 1. The largest absolute Gasteiger partial charge is 0.448 e. The minimum Gasteiger partial charge on any atom is -0.448 e. The average molecular weight is 1250 g/mol. The summed E-state index contributed by atoms with van der Waals surface area (Å²) in [7, 11) is 2.95. The Bertz CT molecular complexity index is 3680. The third-order valence-corrected chi connectivity index (χ3v) is 19.0. The molecule has 2 aliphatic heterocycles. The van der Waals surface area contributed by atoms with Gasteiger partial charge in [0.25, 0.3) is 17.7 Å². The fourth-order valence-corrected chi connectivity index (χ4v) is 14.4. The molecule has 24 nitrogen and oxygen atoms in total. The quantitative estimate of drug-likeness (QED) is 0.0636. The maximum atomic E-state index is 14.3. The number of amides is 6. The van der Waals surface area contributed by atoms with Crippen LogP contribution in [0, 0.1) is 12.8 Å². The molecule has 1 saturated heterocycles. The van der Waals surface area contributed by atoms with Gasteiger partial charge in [-0.2, -0.15) is 0 Å². The molecule has 7 N–H and O–H groups in total. The van der Waals surface area contributed by atoms with Crippen molar-refractivity contribution in [2.75, 3.05) is 65.5 Å². The second kappa shape index (κ2) is 27.1. The van der Waals surface area contributed by atoms with Crippen LogP contribution < -0.4 is 31.9 Å². The Balaban J connectivity index is 1.01. The van der Waals surface area contributed by atoms with Gasteiger partial charge in [-0.3, -0.25) is 34.2 Å². The molecule has 6 amide bonds. The summed E-state index contributed by atoms with van der Waals surface area (Å²) in [5.41, 5.74) is 2.79. The van der Waals surface area contributed by atoms with Crippen molar-refractivity contribution in [1.29, 1.82) is 0 Å². The van der Waals surface area contributed by atoms with Gasteiger partial charge in [0, 0.05) is 65.8 Å². The van der Waals surface area contributed by atoms with E-state index in [1.54, 1.807) is 70.9 Å². The number of ether oxygens (including phenoxy) is 3. The van der Waals surface area contributed by atoms with Gasteiger partial charge in [-0.15, -0.1) is 68.0 Å². The monoisotopic (exact) mass is 1250 g/mol. The fourth-order valence-electron chi connectivity index (χ4n) is 8.87. The summed E-state index contributed by atoms with van der Waals surface area (Å²) in [6.07, 6.45) is -2.13. The first-order valence-corrected chi connectivity index (χ1v) is 31.4. The number of thiazole rings is 6. The lowest BCUT2D eigenvalue weighted by atomic mass is 10.0. The van der Waals surface area contributed by atoms with Gasteiger partial charge in [0.15, 0.2) is 0 Å². The summed E-state index contributed by atoms with van der Waals surface area (Å²) >= 11 is 7.23. The number of fused-ring (bicyclic) bond motifs is 14. The molecule has 1 fully saturated rings. The number of aliphatic hydroxyl groups excluding tert-OH is 1. The highest BCUT2D eigenvalue weighted by Crippen LogP contribution is 2.40. The van der Waals surface area contributed by atoms with E-state index in [2.05, 4.69) is 41.8 Å². The molecule has 0 radical (unpaired) electrons. The first-order valence-electron chi connectivity index (χ1n) is 26.3. The maximum Gasteiger partial charge on any atom is 0.412 e. The zero-order valence-electron chi connectivity index (χ0n) is 45.8. The molecule has 10 bridgehead atoms.